The van der Waals surface area contributed by atoms with Crippen molar-refractivity contribution in [1.29, 1.82) is 0 Å². The summed E-state index contributed by atoms with van der Waals surface area (Å²) in [7, 11) is 4.03. The van der Waals surface area contributed by atoms with Gasteiger partial charge in [-0.05, 0) is 38.9 Å². The molecule has 4 nitrogen and oxygen atoms in total. The molecule has 0 aliphatic heterocycles. The summed E-state index contributed by atoms with van der Waals surface area (Å²) >= 11 is 0. The molecule has 0 aliphatic carbocycles. The maximum Gasteiger partial charge on any atom is 0.241 e. The number of hydrogen-bond acceptors (Lipinski definition) is 3. The van der Waals surface area contributed by atoms with Crippen LogP contribution in [0.2, 0.25) is 0 Å². The van der Waals surface area contributed by atoms with Gasteiger partial charge in [-0.3, -0.25) is 4.79 Å². The maximum atomic E-state index is 12.3. The molecule has 0 aliphatic rings. The van der Waals surface area contributed by atoms with E-state index in [1.165, 1.54) is 0 Å². The van der Waals surface area contributed by atoms with Gasteiger partial charge in [0.1, 0.15) is 6.04 Å². The van der Waals surface area contributed by atoms with E-state index in [1.807, 2.05) is 45.3 Å². The zero-order valence-corrected chi connectivity index (χ0v) is 13.9. The molecule has 118 valence electrons. The van der Waals surface area contributed by atoms with E-state index in [0.29, 0.717) is 5.92 Å². The van der Waals surface area contributed by atoms with Gasteiger partial charge in [0, 0.05) is 12.6 Å². The first kappa shape index (κ1) is 17.7. The Morgan fingerprint density at radius 3 is 2.29 bits per heavy atom. The Labute approximate surface area is 128 Å². The highest BCUT2D eigenvalue weighted by Crippen LogP contribution is 2.13. The van der Waals surface area contributed by atoms with Gasteiger partial charge in [0.2, 0.25) is 5.91 Å². The molecule has 2 unspecified atom stereocenters. The maximum absolute atomic E-state index is 12.3. The van der Waals surface area contributed by atoms with Crippen molar-refractivity contribution in [3.8, 4) is 0 Å². The monoisotopic (exact) mass is 291 g/mol. The predicted octanol–water partition coefficient (Wildman–Crippen LogP) is 2.09. The number of rotatable bonds is 7. The van der Waals surface area contributed by atoms with Crippen molar-refractivity contribution >= 4 is 5.91 Å². The second-order valence-electron chi connectivity index (χ2n) is 6.49. The molecular formula is C17H29N3O. The van der Waals surface area contributed by atoms with Crippen LogP contribution in [-0.4, -0.2) is 37.5 Å². The molecule has 0 aromatic heterocycles. The largest absolute Gasteiger partial charge is 0.350 e. The second-order valence-corrected chi connectivity index (χ2v) is 6.49. The van der Waals surface area contributed by atoms with Crippen LogP contribution in [0.4, 0.5) is 0 Å². The summed E-state index contributed by atoms with van der Waals surface area (Å²) in [6.45, 7) is 7.17. The van der Waals surface area contributed by atoms with Gasteiger partial charge in [0.05, 0.1) is 0 Å². The number of carbonyl (C=O) groups excluding carboxylic acids is 1. The average molecular weight is 291 g/mol. The van der Waals surface area contributed by atoms with Crippen molar-refractivity contribution in [2.24, 2.45) is 11.7 Å². The molecule has 4 heteroatoms. The van der Waals surface area contributed by atoms with Gasteiger partial charge in [-0.15, -0.1) is 0 Å². The molecule has 0 radical (unpaired) electrons. The Kier molecular flexibility index (Phi) is 6.85. The minimum Gasteiger partial charge on any atom is -0.350 e. The van der Waals surface area contributed by atoms with E-state index in [2.05, 4.69) is 24.1 Å². The number of hydrogen-bond donors (Lipinski definition) is 2. The van der Waals surface area contributed by atoms with E-state index in [4.69, 9.17) is 5.73 Å². The standard InChI is InChI=1S/C17H29N3O/c1-12(2)10-15(11-20(4)5)19-17(21)16(18)14-8-6-13(3)7-9-14/h6-9,12,15-16H,10-11,18H2,1-5H3,(H,19,21). The summed E-state index contributed by atoms with van der Waals surface area (Å²) in [6.07, 6.45) is 0.949. The summed E-state index contributed by atoms with van der Waals surface area (Å²) in [4.78, 5) is 14.4. The zero-order valence-electron chi connectivity index (χ0n) is 13.9. The Morgan fingerprint density at radius 2 is 1.81 bits per heavy atom. The molecule has 3 N–H and O–H groups in total. The zero-order chi connectivity index (χ0) is 16.0. The predicted molar refractivity (Wildman–Crippen MR) is 88.0 cm³/mol. The molecule has 0 bridgehead atoms. The van der Waals surface area contributed by atoms with Crippen LogP contribution in [0.1, 0.15) is 37.4 Å². The fourth-order valence-electron chi connectivity index (χ4n) is 2.41. The lowest BCUT2D eigenvalue weighted by Crippen LogP contribution is -2.46. The number of nitrogens with two attached hydrogens (primary N) is 1. The normalized spacial score (nSPS) is 14.3. The highest BCUT2D eigenvalue weighted by Gasteiger charge is 2.20. The third-order valence-electron chi connectivity index (χ3n) is 3.41. The molecular weight excluding hydrogens is 262 g/mol. The molecule has 0 saturated carbocycles. The lowest BCUT2D eigenvalue weighted by molar-refractivity contribution is -0.123. The van der Waals surface area contributed by atoms with Gasteiger partial charge in [-0.25, -0.2) is 0 Å². The molecule has 0 fully saturated rings. The van der Waals surface area contributed by atoms with Gasteiger partial charge in [-0.2, -0.15) is 0 Å². The van der Waals surface area contributed by atoms with Crippen molar-refractivity contribution < 1.29 is 4.79 Å². The second kappa shape index (κ2) is 8.15. The summed E-state index contributed by atoms with van der Waals surface area (Å²) in [5.41, 5.74) is 8.09. The van der Waals surface area contributed by atoms with E-state index in [0.717, 1.165) is 24.1 Å². The Bertz CT molecular complexity index is 430. The van der Waals surface area contributed by atoms with Gasteiger partial charge in [0.15, 0.2) is 0 Å². The minimum absolute atomic E-state index is 0.105. The third kappa shape index (κ3) is 6.27. The van der Waals surface area contributed by atoms with Gasteiger partial charge < -0.3 is 16.0 Å². The average Bonchev–Trinajstić information content (AvgIpc) is 2.37. The topological polar surface area (TPSA) is 58.4 Å². The van der Waals surface area contributed by atoms with Gasteiger partial charge in [0.25, 0.3) is 0 Å². The van der Waals surface area contributed by atoms with E-state index >= 15 is 0 Å². The van der Waals surface area contributed by atoms with E-state index in [9.17, 15) is 4.79 Å². The van der Waals surface area contributed by atoms with Crippen molar-refractivity contribution in [1.82, 2.24) is 10.2 Å². The number of carbonyl (C=O) groups is 1. The molecule has 1 rings (SSSR count). The van der Waals surface area contributed by atoms with E-state index in [-0.39, 0.29) is 11.9 Å². The first-order valence-electron chi connectivity index (χ1n) is 7.56. The highest BCUT2D eigenvalue weighted by molar-refractivity contribution is 5.83. The smallest absolute Gasteiger partial charge is 0.241 e. The number of amides is 1. The number of nitrogens with zero attached hydrogens (tertiary/aromatic N) is 1. The lowest BCUT2D eigenvalue weighted by Gasteiger charge is -2.25. The first-order chi connectivity index (χ1) is 9.79. The van der Waals surface area contributed by atoms with Crippen molar-refractivity contribution in [2.75, 3.05) is 20.6 Å². The lowest BCUT2D eigenvalue weighted by atomic mass is 10.0. The highest BCUT2D eigenvalue weighted by atomic mass is 16.2. The summed E-state index contributed by atoms with van der Waals surface area (Å²) in [5.74, 6) is 0.428. The van der Waals surface area contributed by atoms with Crippen LogP contribution in [-0.2, 0) is 4.79 Å². The fourth-order valence-corrected chi connectivity index (χ4v) is 2.41. The summed E-state index contributed by atoms with van der Waals surface area (Å²) < 4.78 is 0. The van der Waals surface area contributed by atoms with Crippen LogP contribution in [0.5, 0.6) is 0 Å². The van der Waals surface area contributed by atoms with Gasteiger partial charge in [-0.1, -0.05) is 43.7 Å². The summed E-state index contributed by atoms with van der Waals surface area (Å²) in [6, 6.07) is 7.32. The number of aryl methyl sites for hydroxylation is 1. The molecule has 1 aromatic carbocycles. The number of benzene rings is 1. The molecule has 0 spiro atoms. The fraction of sp³-hybridized carbons (Fsp3) is 0.588. The van der Waals surface area contributed by atoms with Crippen molar-refractivity contribution in [3.05, 3.63) is 35.4 Å². The van der Waals surface area contributed by atoms with Crippen LogP contribution in [0, 0.1) is 12.8 Å². The molecule has 21 heavy (non-hydrogen) atoms. The first-order valence-corrected chi connectivity index (χ1v) is 7.56. The molecule has 2 atom stereocenters. The molecule has 1 aromatic rings. The quantitative estimate of drug-likeness (QED) is 0.809. The van der Waals surface area contributed by atoms with Crippen LogP contribution >= 0.6 is 0 Å². The van der Waals surface area contributed by atoms with Crippen molar-refractivity contribution in [3.63, 3.8) is 0 Å². The molecule has 0 heterocycles. The molecule has 0 saturated heterocycles. The Hall–Kier alpha value is -1.39. The van der Waals surface area contributed by atoms with Crippen LogP contribution in [0.25, 0.3) is 0 Å². The van der Waals surface area contributed by atoms with Crippen LogP contribution < -0.4 is 11.1 Å². The number of likely N-dealkylation sites (N-methyl/N-ethyl adjacent to an activating group) is 1. The van der Waals surface area contributed by atoms with E-state index < -0.39 is 6.04 Å². The number of nitrogens with one attached hydrogen (secondary N) is 1. The Morgan fingerprint density at radius 1 is 1.24 bits per heavy atom. The summed E-state index contributed by atoms with van der Waals surface area (Å²) in [5, 5.41) is 3.09. The van der Waals surface area contributed by atoms with E-state index in [1.54, 1.807) is 0 Å². The molecule has 1 amide bonds. The van der Waals surface area contributed by atoms with Crippen molar-refractivity contribution in [2.45, 2.75) is 39.3 Å². The van der Waals surface area contributed by atoms with Gasteiger partial charge >= 0.3 is 0 Å². The Balaban J connectivity index is 2.69. The minimum atomic E-state index is -0.609. The van der Waals surface area contributed by atoms with Crippen LogP contribution in [0.3, 0.4) is 0 Å². The SMILES string of the molecule is Cc1ccc(C(N)C(=O)NC(CC(C)C)CN(C)C)cc1. The van der Waals surface area contributed by atoms with Crippen LogP contribution in [0.15, 0.2) is 24.3 Å². The third-order valence-corrected chi connectivity index (χ3v) is 3.41.